The van der Waals surface area contributed by atoms with Crippen LogP contribution in [0.25, 0.3) is 0 Å². The lowest BCUT2D eigenvalue weighted by Gasteiger charge is -2.18. The van der Waals surface area contributed by atoms with E-state index in [4.69, 9.17) is 14.2 Å². The zero-order valence-corrected chi connectivity index (χ0v) is 37.7. The predicted octanol–water partition coefficient (Wildman–Crippen LogP) is 15.2. The Bertz CT molecular complexity index is 1260. The number of rotatable bonds is 40. The molecule has 0 aliphatic heterocycles. The van der Waals surface area contributed by atoms with Gasteiger partial charge < -0.3 is 14.2 Å². The van der Waals surface area contributed by atoms with Gasteiger partial charge in [-0.3, -0.25) is 14.4 Å². The van der Waals surface area contributed by atoms with Gasteiger partial charge in [0.05, 0.1) is 0 Å². The Kier molecular flexibility index (Phi) is 43.6. The monoisotopic (exact) mass is 817 g/mol. The molecule has 1 atom stereocenters. The van der Waals surface area contributed by atoms with Crippen LogP contribution in [0.1, 0.15) is 188 Å². The lowest BCUT2D eigenvalue weighted by atomic mass is 10.1. The van der Waals surface area contributed by atoms with Gasteiger partial charge in [-0.05, 0) is 103 Å². The number of esters is 3. The molecule has 1 unspecified atom stereocenters. The van der Waals surface area contributed by atoms with Crippen LogP contribution in [0.4, 0.5) is 0 Å². The molecular weight excluding hydrogens is 733 g/mol. The van der Waals surface area contributed by atoms with Crippen molar-refractivity contribution >= 4 is 17.9 Å². The molecule has 0 bridgehead atoms. The minimum Gasteiger partial charge on any atom is -0.462 e. The van der Waals surface area contributed by atoms with Gasteiger partial charge in [0, 0.05) is 19.3 Å². The highest BCUT2D eigenvalue weighted by atomic mass is 16.6. The summed E-state index contributed by atoms with van der Waals surface area (Å²) in [6.07, 6.45) is 62.5. The lowest BCUT2D eigenvalue weighted by molar-refractivity contribution is -0.167. The topological polar surface area (TPSA) is 78.9 Å². The minimum absolute atomic E-state index is 0.102. The molecule has 6 nitrogen and oxygen atoms in total. The first kappa shape index (κ1) is 55.1. The standard InChI is InChI=1S/C53H84O6/c1-4-7-10-13-15-17-19-21-23-24-25-26-27-28-30-31-33-35-37-40-43-46-52(55)58-49-50(48-57-51(54)45-42-39-12-9-6-3)59-53(56)47-44-41-38-36-34-32-29-22-20-18-16-14-11-8-5-2/h7-8,10-11,15-18,21-23,25-26,28-30,33,35,50H,4-6,9,12-14,19-20,24,27,31-32,34,36-49H2,1-3H3/b10-7-,11-8-,17-15-,18-16-,23-21-,26-25-,29-22-,30-28-,35-33-. The van der Waals surface area contributed by atoms with E-state index in [9.17, 15) is 14.4 Å². The average molecular weight is 817 g/mol. The van der Waals surface area contributed by atoms with Crippen molar-refractivity contribution in [3.8, 4) is 0 Å². The third-order valence-electron chi connectivity index (χ3n) is 9.27. The molecule has 0 rings (SSSR count). The van der Waals surface area contributed by atoms with E-state index in [1.54, 1.807) is 0 Å². The molecule has 0 saturated heterocycles. The maximum atomic E-state index is 12.7. The second-order valence-electron chi connectivity index (χ2n) is 14.9. The Labute approximate surface area is 361 Å². The highest BCUT2D eigenvalue weighted by Gasteiger charge is 2.19. The van der Waals surface area contributed by atoms with Crippen molar-refractivity contribution in [1.29, 1.82) is 0 Å². The van der Waals surface area contributed by atoms with Crippen LogP contribution < -0.4 is 0 Å². The van der Waals surface area contributed by atoms with Gasteiger partial charge in [0.15, 0.2) is 6.10 Å². The van der Waals surface area contributed by atoms with Gasteiger partial charge in [-0.15, -0.1) is 0 Å². The molecule has 0 amide bonds. The molecule has 0 saturated carbocycles. The first-order valence-electron chi connectivity index (χ1n) is 23.4. The van der Waals surface area contributed by atoms with Gasteiger partial charge in [0.2, 0.25) is 0 Å². The SMILES string of the molecule is CC/C=C\C/C=C\C/C=C\C/C=C\C/C=C\C/C=C\CCCCC(=O)OCC(COC(=O)CCCCCCC)OC(=O)CCCCCCC/C=C\C/C=C\C/C=C\CC. The van der Waals surface area contributed by atoms with E-state index in [1.165, 1.54) is 0 Å². The molecule has 0 radical (unpaired) electrons. The number of allylic oxidation sites excluding steroid dienone is 18. The Morgan fingerprint density at radius 2 is 0.661 bits per heavy atom. The molecule has 59 heavy (non-hydrogen) atoms. The zero-order chi connectivity index (χ0) is 43.0. The van der Waals surface area contributed by atoms with Crippen LogP contribution in [0.5, 0.6) is 0 Å². The Morgan fingerprint density at radius 1 is 0.356 bits per heavy atom. The van der Waals surface area contributed by atoms with E-state index >= 15 is 0 Å². The maximum absolute atomic E-state index is 12.7. The molecular formula is C53H84O6. The largest absolute Gasteiger partial charge is 0.462 e. The molecule has 6 heteroatoms. The molecule has 0 aromatic rings. The summed E-state index contributed by atoms with van der Waals surface area (Å²) in [5.74, 6) is -0.990. The van der Waals surface area contributed by atoms with Crippen molar-refractivity contribution in [3.63, 3.8) is 0 Å². The fourth-order valence-corrected chi connectivity index (χ4v) is 5.81. The summed E-state index contributed by atoms with van der Waals surface area (Å²) in [6, 6.07) is 0. The van der Waals surface area contributed by atoms with Crippen LogP contribution in [0.15, 0.2) is 109 Å². The normalized spacial score (nSPS) is 13.1. The van der Waals surface area contributed by atoms with Gasteiger partial charge in [-0.1, -0.05) is 175 Å². The van der Waals surface area contributed by atoms with Crippen LogP contribution in [0.2, 0.25) is 0 Å². The van der Waals surface area contributed by atoms with E-state index in [0.29, 0.717) is 25.7 Å². The van der Waals surface area contributed by atoms with Gasteiger partial charge in [0.1, 0.15) is 13.2 Å². The Hall–Kier alpha value is -3.93. The number of unbranched alkanes of at least 4 members (excludes halogenated alkanes) is 11. The summed E-state index contributed by atoms with van der Waals surface area (Å²) in [7, 11) is 0. The van der Waals surface area contributed by atoms with Crippen LogP contribution >= 0.6 is 0 Å². The molecule has 0 fully saturated rings. The summed E-state index contributed by atoms with van der Waals surface area (Å²) in [6.45, 7) is 6.24. The number of carbonyl (C=O) groups is 3. The summed E-state index contributed by atoms with van der Waals surface area (Å²) in [4.78, 5) is 37.5. The fourth-order valence-electron chi connectivity index (χ4n) is 5.81. The molecule has 0 aliphatic rings. The number of ether oxygens (including phenoxy) is 3. The number of hydrogen-bond acceptors (Lipinski definition) is 6. The second kappa shape index (κ2) is 46.8. The minimum atomic E-state index is -0.802. The van der Waals surface area contributed by atoms with E-state index in [2.05, 4.69) is 130 Å². The molecule has 0 aromatic carbocycles. The second-order valence-corrected chi connectivity index (χ2v) is 14.9. The lowest BCUT2D eigenvalue weighted by Crippen LogP contribution is -2.30. The van der Waals surface area contributed by atoms with Gasteiger partial charge in [0.25, 0.3) is 0 Å². The summed E-state index contributed by atoms with van der Waals surface area (Å²) in [5, 5.41) is 0. The molecule has 0 aromatic heterocycles. The summed E-state index contributed by atoms with van der Waals surface area (Å²) >= 11 is 0. The smallest absolute Gasteiger partial charge is 0.306 e. The third-order valence-corrected chi connectivity index (χ3v) is 9.27. The van der Waals surface area contributed by atoms with E-state index in [0.717, 1.165) is 141 Å². The Morgan fingerprint density at radius 3 is 1.07 bits per heavy atom. The summed E-state index contributed by atoms with van der Waals surface area (Å²) in [5.41, 5.74) is 0. The first-order chi connectivity index (χ1) is 29.0. The van der Waals surface area contributed by atoms with E-state index in [-0.39, 0.29) is 31.1 Å². The van der Waals surface area contributed by atoms with Crippen molar-refractivity contribution < 1.29 is 28.6 Å². The van der Waals surface area contributed by atoms with Crippen molar-refractivity contribution in [2.45, 2.75) is 194 Å². The summed E-state index contributed by atoms with van der Waals surface area (Å²) < 4.78 is 16.6. The molecule has 0 aliphatic carbocycles. The third kappa shape index (κ3) is 45.0. The van der Waals surface area contributed by atoms with Gasteiger partial charge >= 0.3 is 17.9 Å². The predicted molar refractivity (Wildman–Crippen MR) is 251 cm³/mol. The molecule has 332 valence electrons. The fraction of sp³-hybridized carbons (Fsp3) is 0.604. The van der Waals surface area contributed by atoms with Crippen LogP contribution in [0.3, 0.4) is 0 Å². The van der Waals surface area contributed by atoms with Crippen LogP contribution in [-0.2, 0) is 28.6 Å². The van der Waals surface area contributed by atoms with Crippen molar-refractivity contribution in [1.82, 2.24) is 0 Å². The van der Waals surface area contributed by atoms with Crippen molar-refractivity contribution in [3.05, 3.63) is 109 Å². The van der Waals surface area contributed by atoms with Crippen LogP contribution in [0, 0.1) is 0 Å². The average Bonchev–Trinajstić information content (AvgIpc) is 3.23. The quantitative estimate of drug-likeness (QED) is 0.0265. The highest BCUT2D eigenvalue weighted by Crippen LogP contribution is 2.12. The highest BCUT2D eigenvalue weighted by molar-refractivity contribution is 5.71. The van der Waals surface area contributed by atoms with E-state index in [1.807, 2.05) is 0 Å². The van der Waals surface area contributed by atoms with Crippen LogP contribution in [-0.4, -0.2) is 37.2 Å². The van der Waals surface area contributed by atoms with E-state index < -0.39 is 6.10 Å². The first-order valence-corrected chi connectivity index (χ1v) is 23.4. The number of carbonyl (C=O) groups excluding carboxylic acids is 3. The van der Waals surface area contributed by atoms with Crippen molar-refractivity contribution in [2.24, 2.45) is 0 Å². The van der Waals surface area contributed by atoms with Gasteiger partial charge in [-0.25, -0.2) is 0 Å². The molecule has 0 N–H and O–H groups in total. The molecule has 0 spiro atoms. The zero-order valence-electron chi connectivity index (χ0n) is 37.7. The maximum Gasteiger partial charge on any atom is 0.306 e. The molecule has 0 heterocycles. The number of hydrogen-bond donors (Lipinski definition) is 0. The Balaban J connectivity index is 4.34. The van der Waals surface area contributed by atoms with Crippen molar-refractivity contribution in [2.75, 3.05) is 13.2 Å². The van der Waals surface area contributed by atoms with Gasteiger partial charge in [-0.2, -0.15) is 0 Å².